The molecule has 0 bridgehead atoms. The maximum absolute atomic E-state index is 12.3. The predicted molar refractivity (Wildman–Crippen MR) is 290 cm³/mol. The second kappa shape index (κ2) is 30.1. The zero-order chi connectivity index (χ0) is 51.7. The molecule has 3 aromatic carbocycles. The van der Waals surface area contributed by atoms with Gasteiger partial charge in [-0.3, -0.25) is 15.0 Å². The van der Waals surface area contributed by atoms with E-state index in [2.05, 4.69) is 68.6 Å². The van der Waals surface area contributed by atoms with E-state index in [1.54, 1.807) is 26.4 Å². The fraction of sp³-hybridized carbons (Fsp3) is 0.491. The number of nitrogens with one attached hydrogen (secondary N) is 2. The van der Waals surface area contributed by atoms with Crippen molar-refractivity contribution in [3.8, 4) is 11.3 Å². The molecule has 3 fully saturated rings. The summed E-state index contributed by atoms with van der Waals surface area (Å²) in [6.45, 7) is 6.91. The molecule has 0 radical (unpaired) electrons. The van der Waals surface area contributed by atoms with Gasteiger partial charge in [-0.15, -0.1) is 12.4 Å². The Bertz CT molecular complexity index is 2480. The lowest BCUT2D eigenvalue weighted by Gasteiger charge is -2.28. The third-order valence-corrected chi connectivity index (χ3v) is 14.3. The molecule has 0 atom stereocenters. The number of alkyl halides is 3. The summed E-state index contributed by atoms with van der Waals surface area (Å²) in [4.78, 5) is 67.8. The number of Topliss-reactive ketones (excluding diaryl/α,β-unsaturated/α-hetero) is 2. The first-order valence-electron chi connectivity index (χ1n) is 23.4. The number of carbonyl (C=O) groups excluding carboxylic acids is 5. The van der Waals surface area contributed by atoms with Gasteiger partial charge in [0.15, 0.2) is 11.6 Å². The number of imidazole rings is 1. The minimum Gasteiger partial charge on any atom is -0.465 e. The van der Waals surface area contributed by atoms with E-state index in [1.807, 2.05) is 45.2 Å². The first kappa shape index (κ1) is 61.0. The molecule has 0 unspecified atom stereocenters. The van der Waals surface area contributed by atoms with Gasteiger partial charge in [0.05, 0.1) is 74.3 Å². The Hall–Kier alpha value is -4.26. The van der Waals surface area contributed by atoms with E-state index >= 15 is 0 Å². The number of hydrogen-bond donors (Lipinski definition) is 3. The van der Waals surface area contributed by atoms with Crippen molar-refractivity contribution >= 4 is 95.5 Å². The number of halogens is 4. The van der Waals surface area contributed by atoms with E-state index in [0.717, 1.165) is 77.0 Å². The lowest BCUT2D eigenvalue weighted by Crippen LogP contribution is -2.19. The first-order chi connectivity index (χ1) is 33.4. The number of H-pyrrole nitrogens is 1. The quantitative estimate of drug-likeness (QED) is 0.0225. The summed E-state index contributed by atoms with van der Waals surface area (Å²) in [5.41, 5.74) is 15.9. The van der Waals surface area contributed by atoms with Crippen molar-refractivity contribution < 1.29 is 47.7 Å². The van der Waals surface area contributed by atoms with Crippen molar-refractivity contribution in [2.75, 3.05) is 54.1 Å². The molecular formula is C53H68Br3ClN4O10. The maximum atomic E-state index is 12.3. The molecular weight excluding hydrogens is 1130 g/mol. The number of rotatable bonds is 17. The molecule has 1 aromatic heterocycles. The van der Waals surface area contributed by atoms with Crippen LogP contribution in [-0.2, 0) is 30.1 Å². The van der Waals surface area contributed by atoms with Gasteiger partial charge < -0.3 is 34.4 Å². The van der Waals surface area contributed by atoms with Crippen molar-refractivity contribution in [2.24, 2.45) is 5.73 Å². The molecule has 3 saturated carbocycles. The molecule has 4 aromatic rings. The number of nitrogens with two attached hydrogens (primary N) is 1. The van der Waals surface area contributed by atoms with Gasteiger partial charge in [-0.05, 0) is 129 Å². The smallest absolute Gasteiger partial charge is 0.338 e. The zero-order valence-corrected chi connectivity index (χ0v) is 47.5. The number of ketones is 2. The molecule has 14 nitrogen and oxygen atoms in total. The molecule has 0 saturated heterocycles. The molecule has 1 heterocycles. The lowest BCUT2D eigenvalue weighted by molar-refractivity contribution is 0.0590. The van der Waals surface area contributed by atoms with Crippen LogP contribution in [-0.4, -0.2) is 103 Å². The number of aromatic nitrogens is 2. The molecule has 7 rings (SSSR count). The van der Waals surface area contributed by atoms with E-state index in [4.69, 9.17) is 30.1 Å². The average molecular weight is 1200 g/mol. The summed E-state index contributed by atoms with van der Waals surface area (Å²) in [7, 11) is 7.39. The van der Waals surface area contributed by atoms with Gasteiger partial charge in [-0.1, -0.05) is 85.3 Å². The van der Waals surface area contributed by atoms with Crippen LogP contribution < -0.4 is 5.73 Å². The summed E-state index contributed by atoms with van der Waals surface area (Å²) in [6.07, 6.45) is 13.7. The number of carbonyl (C=O) groups is 5. The first-order valence-corrected chi connectivity index (χ1v) is 26.3. The molecule has 388 valence electrons. The molecule has 0 amide bonds. The summed E-state index contributed by atoms with van der Waals surface area (Å²) in [5.74, 6) is 1.40. The van der Waals surface area contributed by atoms with Crippen LogP contribution in [0, 0.1) is 26.2 Å². The van der Waals surface area contributed by atoms with Crippen molar-refractivity contribution in [3.63, 3.8) is 0 Å². The van der Waals surface area contributed by atoms with E-state index in [-0.39, 0.29) is 47.1 Å². The highest BCUT2D eigenvalue weighted by Crippen LogP contribution is 2.43. The van der Waals surface area contributed by atoms with Crippen LogP contribution in [0.2, 0.25) is 0 Å². The molecule has 0 aliphatic heterocycles. The molecule has 71 heavy (non-hydrogen) atoms. The van der Waals surface area contributed by atoms with Crippen LogP contribution in [0.3, 0.4) is 0 Å². The average Bonchev–Trinajstić information content (AvgIpc) is 3.77. The molecule has 18 heteroatoms. The van der Waals surface area contributed by atoms with Gasteiger partial charge in [-0.25, -0.2) is 19.4 Å². The molecule has 4 N–H and O–H groups in total. The molecule has 3 aliphatic carbocycles. The predicted octanol–water partition coefficient (Wildman–Crippen LogP) is 12.0. The second-order valence-electron chi connectivity index (χ2n) is 17.6. The van der Waals surface area contributed by atoms with Crippen LogP contribution in [0.5, 0.6) is 0 Å². The zero-order valence-electron chi connectivity index (χ0n) is 41.9. The minimum absolute atomic E-state index is 0. The number of hydrogen-bond acceptors (Lipinski definition) is 12. The number of aryl methyl sites for hydroxylation is 3. The highest BCUT2D eigenvalue weighted by Gasteiger charge is 2.30. The fourth-order valence-corrected chi connectivity index (χ4v) is 9.06. The van der Waals surface area contributed by atoms with Gasteiger partial charge in [0.25, 0.3) is 0 Å². The van der Waals surface area contributed by atoms with Gasteiger partial charge in [0.1, 0.15) is 9.56 Å². The van der Waals surface area contributed by atoms with E-state index in [1.165, 1.54) is 59.0 Å². The van der Waals surface area contributed by atoms with E-state index < -0.39 is 9.71 Å². The topological polar surface area (TPSA) is 210 Å². The third kappa shape index (κ3) is 16.6. The van der Waals surface area contributed by atoms with E-state index in [0.29, 0.717) is 65.2 Å². The summed E-state index contributed by atoms with van der Waals surface area (Å²) < 4.78 is 23.8. The monoisotopic (exact) mass is 1190 g/mol. The highest BCUT2D eigenvalue weighted by atomic mass is 79.9. The Labute approximate surface area is 449 Å². The van der Waals surface area contributed by atoms with E-state index in [9.17, 15) is 24.0 Å². The Kier molecular flexibility index (Phi) is 25.8. The second-order valence-corrected chi connectivity index (χ2v) is 21.2. The SMILES string of the molecule is COC(=O)c1cc(C(=O)C(Br)Br)c(C2CCC2)cc1C.COC(=O)c1cc(C(=O)CBr)c(C2CCC2)cc1C.COCCC(=N)N.COCCc1ncc(-c2cc(C(=O)OC)c(C)cc2C2CCC2)[nH]1.Cl. The lowest BCUT2D eigenvalue weighted by atomic mass is 9.76. The van der Waals surface area contributed by atoms with Gasteiger partial charge in [0.2, 0.25) is 0 Å². The van der Waals surface area contributed by atoms with Gasteiger partial charge in [0, 0.05) is 43.8 Å². The number of methoxy groups -OCH3 is 5. The Morgan fingerprint density at radius 3 is 1.46 bits per heavy atom. The van der Waals surface area contributed by atoms with Gasteiger partial charge in [-0.2, -0.15) is 0 Å². The van der Waals surface area contributed by atoms with Crippen molar-refractivity contribution in [1.29, 1.82) is 5.41 Å². The number of amidine groups is 1. The standard InChI is InChI=1S/C19H24N2O3.C15H16Br2O3.C15H17BrO3.C4H10N2O.ClH/c1-12-9-15(13-5-4-6-13)16(10-14(12)19(22)24-3)17-11-20-18(21-17)7-8-23-2;1-8-6-11(9-4-3-5-9)12(13(18)14(16)17)7-10(8)15(19)20-2;1-9-6-12(10-4-3-5-10)13(14(17)8-16)7-11(9)15(18)19-2;1-7-3-2-4(5)6;/h9-11,13H,4-8H2,1-3H3,(H,20,21);6-7,9,14H,3-5H2,1-2H3;6-7,10H,3-5,8H2,1-2H3;2-3H2,1H3,(H3,5,6);1H. The van der Waals surface area contributed by atoms with Gasteiger partial charge >= 0.3 is 17.9 Å². The van der Waals surface area contributed by atoms with Crippen molar-refractivity contribution in [2.45, 2.75) is 113 Å². The van der Waals surface area contributed by atoms with Crippen LogP contribution >= 0.6 is 60.2 Å². The van der Waals surface area contributed by atoms with Crippen LogP contribution in [0.4, 0.5) is 0 Å². The number of benzene rings is 3. The highest BCUT2D eigenvalue weighted by molar-refractivity contribution is 9.25. The number of aromatic amines is 1. The molecule has 0 spiro atoms. The van der Waals surface area contributed by atoms with Crippen LogP contribution in [0.15, 0.2) is 42.6 Å². The number of ether oxygens (including phenoxy) is 5. The normalized spacial score (nSPS) is 14.0. The van der Waals surface area contributed by atoms with Crippen molar-refractivity contribution in [1.82, 2.24) is 9.97 Å². The van der Waals surface area contributed by atoms with Crippen LogP contribution in [0.1, 0.15) is 173 Å². The maximum Gasteiger partial charge on any atom is 0.338 e. The minimum atomic E-state index is -0.443. The fourth-order valence-electron chi connectivity index (χ4n) is 8.27. The summed E-state index contributed by atoms with van der Waals surface area (Å²) in [5, 5.41) is 6.97. The third-order valence-electron chi connectivity index (χ3n) is 13.0. The number of nitrogens with zero attached hydrogens (tertiary/aromatic N) is 1. The largest absolute Gasteiger partial charge is 0.465 e. The Morgan fingerprint density at radius 2 is 1.08 bits per heavy atom. The van der Waals surface area contributed by atoms with Crippen molar-refractivity contribution in [3.05, 3.63) is 110 Å². The van der Waals surface area contributed by atoms with Crippen LogP contribution in [0.25, 0.3) is 11.3 Å². The Balaban J connectivity index is 0.000000263. The Morgan fingerprint density at radius 1 is 0.662 bits per heavy atom. The molecule has 3 aliphatic rings. The summed E-state index contributed by atoms with van der Waals surface area (Å²) in [6, 6.07) is 11.4. The summed E-state index contributed by atoms with van der Waals surface area (Å²) >= 11 is 9.70. The number of esters is 3.